The highest BCUT2D eigenvalue weighted by molar-refractivity contribution is 8.19. The number of benzene rings is 2. The molecule has 0 aliphatic carbocycles. The van der Waals surface area contributed by atoms with Gasteiger partial charge in [0.1, 0.15) is 17.4 Å². The summed E-state index contributed by atoms with van der Waals surface area (Å²) in [5, 5.41) is 2.79. The van der Waals surface area contributed by atoms with Crippen LogP contribution in [0.2, 0.25) is 0 Å². The Kier molecular flexibility index (Phi) is 6.24. The Hall–Kier alpha value is -1.96. The fourth-order valence-electron chi connectivity index (χ4n) is 2.81. The fraction of sp³-hybridized carbons (Fsp3) is 0.238. The van der Waals surface area contributed by atoms with Gasteiger partial charge in [-0.2, -0.15) is 0 Å². The summed E-state index contributed by atoms with van der Waals surface area (Å²) >= 11 is 5.43. The van der Waals surface area contributed by atoms with Crippen LogP contribution in [-0.4, -0.2) is 29.6 Å². The van der Waals surface area contributed by atoms with E-state index >= 15 is 0 Å². The number of hydrogen-bond acceptors (Lipinski definition) is 7. The average Bonchev–Trinajstić information content (AvgIpc) is 3.44. The van der Waals surface area contributed by atoms with Gasteiger partial charge in [0, 0.05) is 22.4 Å². The Bertz CT molecular complexity index is 950. The molecule has 28 heavy (non-hydrogen) atoms. The molecule has 0 atom stereocenters. The van der Waals surface area contributed by atoms with Gasteiger partial charge in [0.15, 0.2) is 0 Å². The summed E-state index contributed by atoms with van der Waals surface area (Å²) in [6.45, 7) is 0.162. The van der Waals surface area contributed by atoms with E-state index in [4.69, 9.17) is 9.47 Å². The lowest BCUT2D eigenvalue weighted by molar-refractivity contribution is 0.0468. The number of methoxy groups -OCH3 is 1. The third kappa shape index (κ3) is 4.54. The Balaban J connectivity index is 1.36. The molecule has 1 saturated heterocycles. The van der Waals surface area contributed by atoms with E-state index in [1.807, 2.05) is 77.4 Å². The molecule has 2 aromatic carbocycles. The van der Waals surface area contributed by atoms with Crippen molar-refractivity contribution in [2.75, 3.05) is 18.6 Å². The number of ether oxygens (including phenoxy) is 2. The topological polar surface area (TPSA) is 48.4 Å². The van der Waals surface area contributed by atoms with Crippen molar-refractivity contribution in [1.82, 2.24) is 4.98 Å². The molecule has 0 N–H and O–H groups in total. The molecule has 1 aliphatic heterocycles. The fourth-order valence-corrected chi connectivity index (χ4v) is 6.47. The number of esters is 1. The van der Waals surface area contributed by atoms with Crippen LogP contribution in [0.15, 0.2) is 53.9 Å². The van der Waals surface area contributed by atoms with Crippen molar-refractivity contribution >= 4 is 40.8 Å². The van der Waals surface area contributed by atoms with Crippen molar-refractivity contribution in [1.29, 1.82) is 0 Å². The number of thiazole rings is 1. The highest BCUT2D eigenvalue weighted by atomic mass is 32.2. The maximum absolute atomic E-state index is 12.3. The number of carbonyl (C=O) groups excluding carboxylic acids is 1. The molecular weight excluding hydrogens is 410 g/mol. The van der Waals surface area contributed by atoms with Gasteiger partial charge in [-0.1, -0.05) is 24.3 Å². The van der Waals surface area contributed by atoms with Crippen molar-refractivity contribution in [3.63, 3.8) is 0 Å². The quantitative estimate of drug-likeness (QED) is 0.472. The lowest BCUT2D eigenvalue weighted by Gasteiger charge is -2.09. The molecule has 1 aromatic heterocycles. The van der Waals surface area contributed by atoms with Crippen molar-refractivity contribution in [2.45, 2.75) is 11.2 Å². The molecule has 2 heterocycles. The Morgan fingerprint density at radius 3 is 2.68 bits per heavy atom. The zero-order valence-electron chi connectivity index (χ0n) is 15.3. The van der Waals surface area contributed by atoms with Crippen LogP contribution >= 0.6 is 34.9 Å². The molecule has 0 saturated carbocycles. The lowest BCUT2D eigenvalue weighted by Crippen LogP contribution is -2.05. The molecule has 0 radical (unpaired) electrons. The number of carbonyl (C=O) groups is 1. The Morgan fingerprint density at radius 1 is 1.14 bits per heavy atom. The van der Waals surface area contributed by atoms with E-state index in [1.54, 1.807) is 7.11 Å². The maximum atomic E-state index is 12.3. The van der Waals surface area contributed by atoms with Crippen molar-refractivity contribution in [3.05, 3.63) is 70.7 Å². The van der Waals surface area contributed by atoms with E-state index in [0.717, 1.165) is 22.0 Å². The molecular formula is C21H19NO3S3. The standard InChI is InChI=1S/C21H19NO3S3/c1-24-18-4-2-3-16(11-18)19-22-17(13-28-19)12-25-20(23)14-5-7-15(8-6-14)21-26-9-10-27-21/h2-8,11,13,21H,9-10,12H2,1H3. The highest BCUT2D eigenvalue weighted by Crippen LogP contribution is 2.45. The molecule has 4 rings (SSSR count). The minimum Gasteiger partial charge on any atom is -0.497 e. The minimum atomic E-state index is -0.325. The van der Waals surface area contributed by atoms with Gasteiger partial charge in [0.25, 0.3) is 0 Å². The largest absolute Gasteiger partial charge is 0.497 e. The normalized spacial score (nSPS) is 14.2. The van der Waals surface area contributed by atoms with Crippen LogP contribution in [0.3, 0.4) is 0 Å². The van der Waals surface area contributed by atoms with E-state index in [1.165, 1.54) is 28.4 Å². The molecule has 0 amide bonds. The van der Waals surface area contributed by atoms with Gasteiger partial charge < -0.3 is 9.47 Å². The van der Waals surface area contributed by atoms with E-state index < -0.39 is 0 Å². The zero-order chi connectivity index (χ0) is 19.3. The summed E-state index contributed by atoms with van der Waals surface area (Å²) < 4.78 is 11.2. The molecule has 0 bridgehead atoms. The van der Waals surface area contributed by atoms with Gasteiger partial charge in [-0.3, -0.25) is 0 Å². The predicted octanol–water partition coefficient (Wildman–Crippen LogP) is 5.65. The van der Waals surface area contributed by atoms with Crippen LogP contribution in [0.4, 0.5) is 0 Å². The summed E-state index contributed by atoms with van der Waals surface area (Å²) in [6.07, 6.45) is 0. The summed E-state index contributed by atoms with van der Waals surface area (Å²) in [6, 6.07) is 15.5. The van der Waals surface area contributed by atoms with E-state index in [9.17, 15) is 4.79 Å². The van der Waals surface area contributed by atoms with E-state index in [0.29, 0.717) is 10.1 Å². The van der Waals surface area contributed by atoms with Gasteiger partial charge >= 0.3 is 5.97 Å². The summed E-state index contributed by atoms with van der Waals surface area (Å²) in [5.41, 5.74) is 3.55. The Morgan fingerprint density at radius 2 is 1.93 bits per heavy atom. The van der Waals surface area contributed by atoms with Crippen LogP contribution in [0, 0.1) is 0 Å². The first-order valence-corrected chi connectivity index (χ1v) is 11.8. The van der Waals surface area contributed by atoms with Gasteiger partial charge in [0.2, 0.25) is 0 Å². The summed E-state index contributed by atoms with van der Waals surface area (Å²) in [4.78, 5) is 16.9. The monoisotopic (exact) mass is 429 g/mol. The zero-order valence-corrected chi connectivity index (χ0v) is 17.7. The smallest absolute Gasteiger partial charge is 0.338 e. The second-order valence-electron chi connectivity index (χ2n) is 6.15. The molecule has 0 spiro atoms. The number of aromatic nitrogens is 1. The van der Waals surface area contributed by atoms with Crippen LogP contribution in [0.1, 0.15) is 26.2 Å². The van der Waals surface area contributed by atoms with Crippen LogP contribution in [0.5, 0.6) is 5.75 Å². The average molecular weight is 430 g/mol. The minimum absolute atomic E-state index is 0.162. The van der Waals surface area contributed by atoms with Gasteiger partial charge in [-0.05, 0) is 29.8 Å². The molecule has 7 heteroatoms. The van der Waals surface area contributed by atoms with E-state index in [-0.39, 0.29) is 12.6 Å². The first kappa shape index (κ1) is 19.4. The number of nitrogens with zero attached hydrogens (tertiary/aromatic N) is 1. The third-order valence-electron chi connectivity index (χ3n) is 4.26. The van der Waals surface area contributed by atoms with Gasteiger partial charge in [-0.15, -0.1) is 34.9 Å². The highest BCUT2D eigenvalue weighted by Gasteiger charge is 2.18. The second-order valence-corrected chi connectivity index (χ2v) is 9.73. The first-order valence-electron chi connectivity index (χ1n) is 8.82. The molecule has 3 aromatic rings. The van der Waals surface area contributed by atoms with E-state index in [2.05, 4.69) is 4.98 Å². The Labute approximate surface area is 176 Å². The van der Waals surface area contributed by atoms with Crippen LogP contribution in [-0.2, 0) is 11.3 Å². The second kappa shape index (κ2) is 9.03. The third-order valence-corrected chi connectivity index (χ3v) is 8.30. The van der Waals surface area contributed by atoms with Crippen LogP contribution in [0.25, 0.3) is 10.6 Å². The van der Waals surface area contributed by atoms with Crippen molar-refractivity contribution in [3.8, 4) is 16.3 Å². The predicted molar refractivity (Wildman–Crippen MR) is 117 cm³/mol. The molecule has 144 valence electrons. The maximum Gasteiger partial charge on any atom is 0.338 e. The van der Waals surface area contributed by atoms with Gasteiger partial charge in [-0.25, -0.2) is 9.78 Å². The molecule has 0 unspecified atom stereocenters. The number of rotatable bonds is 6. The lowest BCUT2D eigenvalue weighted by atomic mass is 10.1. The van der Waals surface area contributed by atoms with Crippen LogP contribution < -0.4 is 4.74 Å². The van der Waals surface area contributed by atoms with Crippen molar-refractivity contribution in [2.24, 2.45) is 0 Å². The molecule has 1 aliphatic rings. The molecule has 1 fully saturated rings. The molecule has 4 nitrogen and oxygen atoms in total. The summed E-state index contributed by atoms with van der Waals surface area (Å²) in [5.74, 6) is 2.84. The number of thioether (sulfide) groups is 2. The SMILES string of the molecule is COc1cccc(-c2nc(COC(=O)c3ccc(C4SCCS4)cc3)cs2)c1. The number of hydrogen-bond donors (Lipinski definition) is 0. The summed E-state index contributed by atoms with van der Waals surface area (Å²) in [7, 11) is 1.64. The van der Waals surface area contributed by atoms with Gasteiger partial charge in [0.05, 0.1) is 22.9 Å². The first-order chi connectivity index (χ1) is 13.7. The van der Waals surface area contributed by atoms with Crippen molar-refractivity contribution < 1.29 is 14.3 Å².